The van der Waals surface area contributed by atoms with Crippen molar-refractivity contribution >= 4 is 11.8 Å². The van der Waals surface area contributed by atoms with Gasteiger partial charge in [-0.3, -0.25) is 14.5 Å². The van der Waals surface area contributed by atoms with Crippen LogP contribution >= 0.6 is 0 Å². The summed E-state index contributed by atoms with van der Waals surface area (Å²) in [5.74, 6) is 0.0677. The minimum absolute atomic E-state index is 0.0691. The summed E-state index contributed by atoms with van der Waals surface area (Å²) in [6.45, 7) is 8.37. The van der Waals surface area contributed by atoms with E-state index in [1.165, 1.54) is 24.5 Å². The molecule has 0 spiro atoms. The highest BCUT2D eigenvalue weighted by Crippen LogP contribution is 2.08. The van der Waals surface area contributed by atoms with E-state index in [1.807, 2.05) is 18.7 Å². The van der Waals surface area contributed by atoms with Gasteiger partial charge in [-0.2, -0.15) is 4.73 Å². The number of amides is 2. The van der Waals surface area contributed by atoms with Gasteiger partial charge < -0.3 is 15.0 Å². The Morgan fingerprint density at radius 2 is 1.70 bits per heavy atom. The Labute approximate surface area is 136 Å². The topological polar surface area (TPSA) is 70.8 Å². The monoisotopic (exact) mass is 320 g/mol. The molecule has 1 aromatic heterocycles. The van der Waals surface area contributed by atoms with Crippen LogP contribution in [0.4, 0.5) is 0 Å². The van der Waals surface area contributed by atoms with Crippen LogP contribution in [0.15, 0.2) is 24.5 Å². The molecule has 0 bridgehead atoms. The van der Waals surface area contributed by atoms with E-state index in [0.717, 1.165) is 13.1 Å². The van der Waals surface area contributed by atoms with Gasteiger partial charge in [-0.25, -0.2) is 0 Å². The van der Waals surface area contributed by atoms with Crippen LogP contribution in [0, 0.1) is 5.21 Å². The van der Waals surface area contributed by atoms with E-state index >= 15 is 0 Å². The fourth-order valence-electron chi connectivity index (χ4n) is 2.71. The number of rotatable bonds is 5. The van der Waals surface area contributed by atoms with Crippen LogP contribution in [-0.2, 0) is 4.79 Å². The second kappa shape index (κ2) is 7.92. The van der Waals surface area contributed by atoms with Crippen LogP contribution in [0.2, 0.25) is 0 Å². The van der Waals surface area contributed by atoms with Gasteiger partial charge in [0, 0.05) is 51.4 Å². The summed E-state index contributed by atoms with van der Waals surface area (Å²) in [5.41, 5.74) is 0.518. The quantitative estimate of drug-likeness (QED) is 0.563. The minimum Gasteiger partial charge on any atom is -0.619 e. The van der Waals surface area contributed by atoms with Crippen molar-refractivity contribution in [2.75, 3.05) is 45.8 Å². The Morgan fingerprint density at radius 3 is 2.22 bits per heavy atom. The van der Waals surface area contributed by atoms with Gasteiger partial charge in [0.2, 0.25) is 5.91 Å². The molecule has 126 valence electrons. The number of carbonyl (C=O) groups is 2. The molecule has 7 heteroatoms. The second-order valence-corrected chi connectivity index (χ2v) is 5.58. The number of hydrogen-bond acceptors (Lipinski definition) is 4. The molecule has 1 saturated heterocycles. The van der Waals surface area contributed by atoms with Crippen molar-refractivity contribution in [3.05, 3.63) is 35.3 Å². The summed E-state index contributed by atoms with van der Waals surface area (Å²) in [6.07, 6.45) is 2.65. The molecule has 0 aromatic carbocycles. The molecule has 1 aromatic rings. The molecule has 1 aliphatic heterocycles. The zero-order chi connectivity index (χ0) is 16.8. The highest BCUT2D eigenvalue weighted by molar-refractivity contribution is 5.94. The molecule has 0 N–H and O–H groups in total. The Hall–Kier alpha value is -2.15. The van der Waals surface area contributed by atoms with Crippen LogP contribution < -0.4 is 4.73 Å². The molecule has 2 rings (SSSR count). The summed E-state index contributed by atoms with van der Waals surface area (Å²) in [7, 11) is 0. The van der Waals surface area contributed by atoms with E-state index in [2.05, 4.69) is 4.90 Å². The Bertz CT molecular complexity index is 535. The number of likely N-dealkylation sites (N-methyl/N-ethyl adjacent to an activating group) is 1. The van der Waals surface area contributed by atoms with E-state index in [9.17, 15) is 14.8 Å². The minimum atomic E-state index is -0.0691. The van der Waals surface area contributed by atoms with Crippen LogP contribution in [0.3, 0.4) is 0 Å². The van der Waals surface area contributed by atoms with Gasteiger partial charge >= 0.3 is 0 Å². The average molecular weight is 320 g/mol. The van der Waals surface area contributed by atoms with Gasteiger partial charge in [0.15, 0.2) is 12.4 Å². The number of pyridine rings is 1. The Morgan fingerprint density at radius 1 is 1.13 bits per heavy atom. The average Bonchev–Trinajstić information content (AvgIpc) is 2.57. The molecule has 2 heterocycles. The zero-order valence-electron chi connectivity index (χ0n) is 13.8. The Kier molecular flexibility index (Phi) is 5.92. The lowest BCUT2D eigenvalue weighted by atomic mass is 10.2. The molecule has 0 radical (unpaired) electrons. The fraction of sp³-hybridized carbons (Fsp3) is 0.562. The van der Waals surface area contributed by atoms with Crippen LogP contribution in [0.1, 0.15) is 24.2 Å². The lowest BCUT2D eigenvalue weighted by molar-refractivity contribution is -0.605. The largest absolute Gasteiger partial charge is 0.619 e. The maximum absolute atomic E-state index is 12.4. The fourth-order valence-corrected chi connectivity index (χ4v) is 2.71. The summed E-state index contributed by atoms with van der Waals surface area (Å²) in [4.78, 5) is 30.1. The molecule has 1 aliphatic rings. The van der Waals surface area contributed by atoms with E-state index < -0.39 is 0 Å². The lowest BCUT2D eigenvalue weighted by Crippen LogP contribution is -2.51. The summed E-state index contributed by atoms with van der Waals surface area (Å²) in [6, 6.07) is 3.07. The third-order valence-electron chi connectivity index (χ3n) is 4.18. The Balaban J connectivity index is 1.85. The number of piperazine rings is 1. The van der Waals surface area contributed by atoms with E-state index in [4.69, 9.17) is 0 Å². The highest BCUT2D eigenvalue weighted by Gasteiger charge is 2.24. The van der Waals surface area contributed by atoms with Crippen molar-refractivity contribution in [1.29, 1.82) is 0 Å². The van der Waals surface area contributed by atoms with Crippen molar-refractivity contribution in [3.63, 3.8) is 0 Å². The molecule has 1 fully saturated rings. The van der Waals surface area contributed by atoms with Crippen molar-refractivity contribution < 1.29 is 14.3 Å². The van der Waals surface area contributed by atoms with Crippen molar-refractivity contribution in [3.8, 4) is 0 Å². The van der Waals surface area contributed by atoms with Crippen LogP contribution in [-0.4, -0.2) is 72.3 Å². The molecule has 23 heavy (non-hydrogen) atoms. The van der Waals surface area contributed by atoms with E-state index in [0.29, 0.717) is 43.0 Å². The number of hydrogen-bond donors (Lipinski definition) is 0. The molecule has 7 nitrogen and oxygen atoms in total. The zero-order valence-corrected chi connectivity index (χ0v) is 13.8. The normalized spacial score (nSPS) is 15.5. The van der Waals surface area contributed by atoms with Crippen molar-refractivity contribution in [1.82, 2.24) is 14.7 Å². The van der Waals surface area contributed by atoms with E-state index in [1.54, 1.807) is 4.90 Å². The first-order valence-electron chi connectivity index (χ1n) is 8.03. The number of aromatic nitrogens is 1. The smallest absolute Gasteiger partial charge is 0.254 e. The maximum Gasteiger partial charge on any atom is 0.254 e. The molecule has 0 unspecified atom stereocenters. The SMILES string of the molecule is CCN(CC)C(=O)CN1CCN(C(=O)c2cc[n+]([O-])cc2)CC1. The van der Waals surface area contributed by atoms with Crippen molar-refractivity contribution in [2.45, 2.75) is 13.8 Å². The first kappa shape index (κ1) is 17.2. The predicted octanol–water partition coefficient (Wildman–Crippen LogP) is -0.0538. The van der Waals surface area contributed by atoms with Gasteiger partial charge in [-0.05, 0) is 13.8 Å². The summed E-state index contributed by atoms with van der Waals surface area (Å²) >= 11 is 0. The lowest BCUT2D eigenvalue weighted by Gasteiger charge is -2.35. The maximum atomic E-state index is 12.4. The van der Waals surface area contributed by atoms with Gasteiger partial charge in [-0.1, -0.05) is 0 Å². The molecule has 0 saturated carbocycles. The first-order chi connectivity index (χ1) is 11.0. The van der Waals surface area contributed by atoms with Gasteiger partial charge in [0.25, 0.3) is 5.91 Å². The number of carbonyl (C=O) groups excluding carboxylic acids is 2. The molecule has 2 amide bonds. The predicted molar refractivity (Wildman–Crippen MR) is 85.7 cm³/mol. The third kappa shape index (κ3) is 4.41. The highest BCUT2D eigenvalue weighted by atomic mass is 16.5. The van der Waals surface area contributed by atoms with Crippen LogP contribution in [0.25, 0.3) is 0 Å². The first-order valence-corrected chi connectivity index (χ1v) is 8.03. The van der Waals surface area contributed by atoms with Gasteiger partial charge in [0.05, 0.1) is 12.1 Å². The van der Waals surface area contributed by atoms with Gasteiger partial charge in [0.1, 0.15) is 0 Å². The summed E-state index contributed by atoms with van der Waals surface area (Å²) in [5, 5.41) is 11.0. The second-order valence-electron chi connectivity index (χ2n) is 5.58. The third-order valence-corrected chi connectivity index (χ3v) is 4.18. The van der Waals surface area contributed by atoms with Gasteiger partial charge in [-0.15, -0.1) is 0 Å². The van der Waals surface area contributed by atoms with E-state index in [-0.39, 0.29) is 11.8 Å². The molecular formula is C16H24N4O3. The molecule has 0 aliphatic carbocycles. The standard InChI is InChI=1S/C16H24N4O3/c1-3-18(4-2)15(21)13-17-9-11-19(12-10-17)16(22)14-5-7-20(23)8-6-14/h5-8H,3-4,9-13H2,1-2H3. The molecule has 0 atom stereocenters. The summed E-state index contributed by atoms with van der Waals surface area (Å²) < 4.78 is 0.660. The van der Waals surface area contributed by atoms with Crippen LogP contribution in [0.5, 0.6) is 0 Å². The van der Waals surface area contributed by atoms with Crippen molar-refractivity contribution in [2.24, 2.45) is 0 Å². The number of nitrogens with zero attached hydrogens (tertiary/aromatic N) is 4. The molecular weight excluding hydrogens is 296 g/mol.